The van der Waals surface area contributed by atoms with Crippen molar-refractivity contribution in [2.75, 3.05) is 18.1 Å². The van der Waals surface area contributed by atoms with Crippen LogP contribution in [0.1, 0.15) is 37.3 Å². The van der Waals surface area contributed by atoms with Gasteiger partial charge in [0.15, 0.2) is 0 Å². The summed E-state index contributed by atoms with van der Waals surface area (Å²) in [6, 6.07) is 14.2. The number of ether oxygens (including phenoxy) is 1. The second-order valence-corrected chi connectivity index (χ2v) is 6.95. The van der Waals surface area contributed by atoms with Gasteiger partial charge in [0.2, 0.25) is 5.91 Å². The number of carbonyl (C=O) groups excluding carboxylic acids is 1. The highest BCUT2D eigenvalue weighted by Crippen LogP contribution is 2.40. The van der Waals surface area contributed by atoms with Gasteiger partial charge in [-0.3, -0.25) is 4.79 Å². The van der Waals surface area contributed by atoms with Crippen molar-refractivity contribution in [2.24, 2.45) is 0 Å². The number of hydrogen-bond donors (Lipinski definition) is 0. The summed E-state index contributed by atoms with van der Waals surface area (Å²) in [7, 11) is 0. The normalized spacial score (nSPS) is 16.4. The Balaban J connectivity index is 1.82. The molecule has 24 heavy (non-hydrogen) atoms. The fraction of sp³-hybridized carbons (Fsp3) is 0.350. The number of anilines is 1. The van der Waals surface area contributed by atoms with E-state index in [-0.39, 0.29) is 11.8 Å². The lowest BCUT2D eigenvalue weighted by atomic mass is 9.93. The van der Waals surface area contributed by atoms with Crippen molar-refractivity contribution in [1.82, 2.24) is 0 Å². The Morgan fingerprint density at radius 2 is 1.88 bits per heavy atom. The molecule has 0 aliphatic carbocycles. The van der Waals surface area contributed by atoms with E-state index in [1.807, 2.05) is 36.1 Å². The van der Waals surface area contributed by atoms with Gasteiger partial charge in [0.1, 0.15) is 5.75 Å². The molecule has 1 aliphatic rings. The van der Waals surface area contributed by atoms with Crippen molar-refractivity contribution in [3.05, 3.63) is 58.1 Å². The molecule has 0 saturated carbocycles. The number of benzene rings is 2. The SMILES string of the molecule is CCCOc1ccc(CC2C(=O)N(CC)c3ccc(Br)cc32)cc1. The highest BCUT2D eigenvalue weighted by atomic mass is 79.9. The maximum absolute atomic E-state index is 12.8. The summed E-state index contributed by atoms with van der Waals surface area (Å²) in [6.45, 7) is 5.54. The molecule has 1 unspecified atom stereocenters. The number of carbonyl (C=O) groups is 1. The molecule has 126 valence electrons. The fourth-order valence-electron chi connectivity index (χ4n) is 3.19. The zero-order chi connectivity index (χ0) is 17.1. The molecular weight excluding hydrogens is 366 g/mol. The summed E-state index contributed by atoms with van der Waals surface area (Å²) < 4.78 is 6.64. The number of rotatable bonds is 6. The molecule has 1 aliphatic heterocycles. The van der Waals surface area contributed by atoms with Crippen LogP contribution in [0.25, 0.3) is 0 Å². The van der Waals surface area contributed by atoms with E-state index in [0.717, 1.165) is 40.1 Å². The van der Waals surface area contributed by atoms with E-state index in [1.165, 1.54) is 0 Å². The molecule has 2 aromatic carbocycles. The Morgan fingerprint density at radius 3 is 2.54 bits per heavy atom. The quantitative estimate of drug-likeness (QED) is 0.702. The number of hydrogen-bond acceptors (Lipinski definition) is 2. The lowest BCUT2D eigenvalue weighted by Gasteiger charge is -2.15. The first kappa shape index (κ1) is 17.0. The van der Waals surface area contributed by atoms with Crippen LogP contribution in [0, 0.1) is 0 Å². The van der Waals surface area contributed by atoms with Crippen LogP contribution in [-0.4, -0.2) is 19.1 Å². The molecule has 3 rings (SSSR count). The molecule has 0 radical (unpaired) electrons. The van der Waals surface area contributed by atoms with Crippen LogP contribution in [0.2, 0.25) is 0 Å². The van der Waals surface area contributed by atoms with Gasteiger partial charge in [-0.25, -0.2) is 0 Å². The molecule has 0 saturated heterocycles. The molecule has 0 bridgehead atoms. The molecule has 1 heterocycles. The standard InChI is InChI=1S/C20H22BrNO2/c1-3-11-24-16-8-5-14(6-9-16)12-18-17-13-15(21)7-10-19(17)22(4-2)20(18)23/h5-10,13,18H,3-4,11-12H2,1-2H3. The van der Waals surface area contributed by atoms with E-state index < -0.39 is 0 Å². The first-order chi connectivity index (χ1) is 11.6. The van der Waals surface area contributed by atoms with E-state index in [0.29, 0.717) is 13.0 Å². The van der Waals surface area contributed by atoms with Gasteiger partial charge < -0.3 is 9.64 Å². The van der Waals surface area contributed by atoms with Gasteiger partial charge >= 0.3 is 0 Å². The molecule has 1 amide bonds. The van der Waals surface area contributed by atoms with Gasteiger partial charge in [0.25, 0.3) is 0 Å². The van der Waals surface area contributed by atoms with E-state index in [9.17, 15) is 4.79 Å². The Kier molecular flexibility index (Phi) is 5.24. The molecule has 1 atom stereocenters. The van der Waals surface area contributed by atoms with Crippen molar-refractivity contribution < 1.29 is 9.53 Å². The fourth-order valence-corrected chi connectivity index (χ4v) is 3.57. The molecule has 3 nitrogen and oxygen atoms in total. The topological polar surface area (TPSA) is 29.5 Å². The maximum Gasteiger partial charge on any atom is 0.234 e. The zero-order valence-corrected chi connectivity index (χ0v) is 15.7. The van der Waals surface area contributed by atoms with Crippen molar-refractivity contribution in [1.29, 1.82) is 0 Å². The van der Waals surface area contributed by atoms with Crippen LogP contribution < -0.4 is 9.64 Å². The zero-order valence-electron chi connectivity index (χ0n) is 14.1. The van der Waals surface area contributed by atoms with Gasteiger partial charge in [-0.15, -0.1) is 0 Å². The molecule has 0 N–H and O–H groups in total. The monoisotopic (exact) mass is 387 g/mol. The van der Waals surface area contributed by atoms with Crippen molar-refractivity contribution >= 4 is 27.5 Å². The number of fused-ring (bicyclic) bond motifs is 1. The van der Waals surface area contributed by atoms with Crippen LogP contribution in [0.15, 0.2) is 46.9 Å². The van der Waals surface area contributed by atoms with E-state index in [2.05, 4.69) is 41.1 Å². The maximum atomic E-state index is 12.8. The summed E-state index contributed by atoms with van der Waals surface area (Å²) in [5.41, 5.74) is 3.31. The smallest absolute Gasteiger partial charge is 0.234 e. The van der Waals surface area contributed by atoms with Gasteiger partial charge in [-0.1, -0.05) is 35.0 Å². The molecular formula is C20H22BrNO2. The Morgan fingerprint density at radius 1 is 1.12 bits per heavy atom. The number of halogens is 1. The second kappa shape index (κ2) is 7.39. The molecule has 0 fully saturated rings. The van der Waals surface area contributed by atoms with Crippen molar-refractivity contribution in [3.63, 3.8) is 0 Å². The Bertz CT molecular complexity index is 727. The van der Waals surface area contributed by atoms with E-state index in [4.69, 9.17) is 4.74 Å². The van der Waals surface area contributed by atoms with Crippen LogP contribution in [0.3, 0.4) is 0 Å². The molecule has 0 spiro atoms. The summed E-state index contributed by atoms with van der Waals surface area (Å²) in [4.78, 5) is 14.7. The first-order valence-corrected chi connectivity index (χ1v) is 9.26. The minimum Gasteiger partial charge on any atom is -0.494 e. The summed E-state index contributed by atoms with van der Waals surface area (Å²) in [5, 5.41) is 0. The number of nitrogens with zero attached hydrogens (tertiary/aromatic N) is 1. The van der Waals surface area contributed by atoms with Gasteiger partial charge in [-0.2, -0.15) is 0 Å². The van der Waals surface area contributed by atoms with Crippen molar-refractivity contribution in [2.45, 2.75) is 32.6 Å². The lowest BCUT2D eigenvalue weighted by Crippen LogP contribution is -2.29. The third-order valence-electron chi connectivity index (χ3n) is 4.37. The second-order valence-electron chi connectivity index (χ2n) is 6.03. The summed E-state index contributed by atoms with van der Waals surface area (Å²) in [6.07, 6.45) is 1.71. The third kappa shape index (κ3) is 3.34. The average molecular weight is 388 g/mol. The largest absolute Gasteiger partial charge is 0.494 e. The molecule has 2 aromatic rings. The highest BCUT2D eigenvalue weighted by Gasteiger charge is 2.36. The summed E-state index contributed by atoms with van der Waals surface area (Å²) >= 11 is 3.53. The van der Waals surface area contributed by atoms with Crippen LogP contribution in [-0.2, 0) is 11.2 Å². The van der Waals surface area contributed by atoms with Crippen molar-refractivity contribution in [3.8, 4) is 5.75 Å². The predicted octanol–water partition coefficient (Wildman–Crippen LogP) is 4.93. The molecule has 4 heteroatoms. The van der Waals surface area contributed by atoms with Crippen LogP contribution in [0.4, 0.5) is 5.69 Å². The van der Waals surface area contributed by atoms with Crippen LogP contribution >= 0.6 is 15.9 Å². The molecule has 0 aromatic heterocycles. The lowest BCUT2D eigenvalue weighted by molar-refractivity contribution is -0.119. The minimum absolute atomic E-state index is 0.111. The van der Waals surface area contributed by atoms with Gasteiger partial charge in [0, 0.05) is 16.7 Å². The summed E-state index contributed by atoms with van der Waals surface area (Å²) in [5.74, 6) is 0.966. The predicted molar refractivity (Wildman–Crippen MR) is 101 cm³/mol. The van der Waals surface area contributed by atoms with Crippen LogP contribution in [0.5, 0.6) is 5.75 Å². The number of likely N-dealkylation sites (N-methyl/N-ethyl adjacent to an activating group) is 1. The highest BCUT2D eigenvalue weighted by molar-refractivity contribution is 9.10. The number of amides is 1. The van der Waals surface area contributed by atoms with E-state index in [1.54, 1.807) is 0 Å². The minimum atomic E-state index is -0.111. The van der Waals surface area contributed by atoms with E-state index >= 15 is 0 Å². The van der Waals surface area contributed by atoms with Gasteiger partial charge in [0.05, 0.1) is 12.5 Å². The van der Waals surface area contributed by atoms with Gasteiger partial charge in [-0.05, 0) is 61.2 Å². The third-order valence-corrected chi connectivity index (χ3v) is 4.87. The Hall–Kier alpha value is -1.81. The Labute approximate surface area is 151 Å². The average Bonchev–Trinajstić information content (AvgIpc) is 2.85. The first-order valence-electron chi connectivity index (χ1n) is 8.46.